The number of rotatable bonds is 3. The van der Waals surface area contributed by atoms with Gasteiger partial charge in [0.2, 0.25) is 0 Å². The molecule has 1 aromatic heterocycles. The van der Waals surface area contributed by atoms with E-state index < -0.39 is 5.97 Å². The molecule has 0 spiro atoms. The lowest BCUT2D eigenvalue weighted by atomic mass is 10.2. The summed E-state index contributed by atoms with van der Waals surface area (Å²) >= 11 is 1.24. The van der Waals surface area contributed by atoms with Crippen molar-refractivity contribution in [1.29, 1.82) is 0 Å². The molecule has 0 aromatic carbocycles. The largest absolute Gasteiger partial charge is 0.478 e. The van der Waals surface area contributed by atoms with E-state index in [4.69, 9.17) is 5.11 Å². The summed E-state index contributed by atoms with van der Waals surface area (Å²) in [6.45, 7) is 0.864. The third kappa shape index (κ3) is 2.13. The van der Waals surface area contributed by atoms with Crippen molar-refractivity contribution >= 4 is 23.0 Å². The zero-order valence-electron chi connectivity index (χ0n) is 8.29. The summed E-state index contributed by atoms with van der Waals surface area (Å²) < 4.78 is 0. The van der Waals surface area contributed by atoms with Gasteiger partial charge in [-0.05, 0) is 0 Å². The van der Waals surface area contributed by atoms with E-state index in [9.17, 15) is 9.59 Å². The minimum absolute atomic E-state index is 0.0325. The summed E-state index contributed by atoms with van der Waals surface area (Å²) in [6.07, 6.45) is 2.54. The first-order chi connectivity index (χ1) is 7.68. The van der Waals surface area contributed by atoms with Gasteiger partial charge in [0.1, 0.15) is 11.9 Å². The van der Waals surface area contributed by atoms with Crippen LogP contribution in [-0.4, -0.2) is 43.5 Å². The number of carbonyl (C=O) groups excluding carboxylic acids is 1. The molecule has 6 nitrogen and oxygen atoms in total. The SMILES string of the molecule is O=C(O)c1cncnc1CN1CCSC1=O. The molecule has 0 atom stereocenters. The van der Waals surface area contributed by atoms with Crippen molar-refractivity contribution < 1.29 is 14.7 Å². The van der Waals surface area contributed by atoms with Crippen LogP contribution in [-0.2, 0) is 6.54 Å². The number of hydrogen-bond donors (Lipinski definition) is 1. The van der Waals surface area contributed by atoms with E-state index >= 15 is 0 Å². The highest BCUT2D eigenvalue weighted by atomic mass is 32.2. The maximum Gasteiger partial charge on any atom is 0.339 e. The number of carboxylic acid groups (broad SMARTS) is 1. The van der Waals surface area contributed by atoms with Crippen molar-refractivity contribution in [3.8, 4) is 0 Å². The number of aromatic nitrogens is 2. The van der Waals surface area contributed by atoms with Crippen LogP contribution in [0.5, 0.6) is 0 Å². The highest BCUT2D eigenvalue weighted by Gasteiger charge is 2.23. The molecule has 2 rings (SSSR count). The summed E-state index contributed by atoms with van der Waals surface area (Å²) in [7, 11) is 0. The molecule has 84 valence electrons. The van der Waals surface area contributed by atoms with Crippen molar-refractivity contribution in [1.82, 2.24) is 14.9 Å². The third-order valence-corrected chi connectivity index (χ3v) is 3.10. The van der Waals surface area contributed by atoms with E-state index in [1.807, 2.05) is 0 Å². The molecule has 0 aliphatic carbocycles. The van der Waals surface area contributed by atoms with Crippen LogP contribution in [0, 0.1) is 0 Å². The smallest absolute Gasteiger partial charge is 0.339 e. The first-order valence-corrected chi connectivity index (χ1v) is 5.61. The molecule has 1 amide bonds. The molecule has 2 heterocycles. The highest BCUT2D eigenvalue weighted by Crippen LogP contribution is 2.20. The molecular formula is C9H9N3O3S. The number of hydrogen-bond acceptors (Lipinski definition) is 5. The van der Waals surface area contributed by atoms with Crippen LogP contribution >= 0.6 is 11.8 Å². The molecule has 1 N–H and O–H groups in total. The van der Waals surface area contributed by atoms with Gasteiger partial charge < -0.3 is 10.0 Å². The van der Waals surface area contributed by atoms with E-state index in [-0.39, 0.29) is 17.3 Å². The molecule has 0 saturated carbocycles. The van der Waals surface area contributed by atoms with Gasteiger partial charge in [0, 0.05) is 18.5 Å². The number of nitrogens with zero attached hydrogens (tertiary/aromatic N) is 3. The highest BCUT2D eigenvalue weighted by molar-refractivity contribution is 8.13. The number of amides is 1. The third-order valence-electron chi connectivity index (χ3n) is 2.21. The molecule has 0 bridgehead atoms. The second-order valence-corrected chi connectivity index (χ2v) is 4.27. The minimum Gasteiger partial charge on any atom is -0.478 e. The molecule has 0 unspecified atom stereocenters. The quantitative estimate of drug-likeness (QED) is 0.841. The topological polar surface area (TPSA) is 83.4 Å². The summed E-state index contributed by atoms with van der Waals surface area (Å²) in [5.74, 6) is -0.332. The Kier molecular flexibility index (Phi) is 3.04. The molecule has 1 aliphatic rings. The van der Waals surface area contributed by atoms with Gasteiger partial charge in [-0.15, -0.1) is 0 Å². The lowest BCUT2D eigenvalue weighted by molar-refractivity contribution is 0.0693. The van der Waals surface area contributed by atoms with Crippen LogP contribution in [0.3, 0.4) is 0 Å². The Labute approximate surface area is 95.7 Å². The van der Waals surface area contributed by atoms with Crippen molar-refractivity contribution in [3.63, 3.8) is 0 Å². The fourth-order valence-electron chi connectivity index (χ4n) is 1.41. The van der Waals surface area contributed by atoms with Gasteiger partial charge in [0.25, 0.3) is 5.24 Å². The van der Waals surface area contributed by atoms with Crippen LogP contribution in [0.4, 0.5) is 4.79 Å². The van der Waals surface area contributed by atoms with Crippen LogP contribution in [0.2, 0.25) is 0 Å². The van der Waals surface area contributed by atoms with Crippen molar-refractivity contribution in [2.75, 3.05) is 12.3 Å². The average molecular weight is 239 g/mol. The fourth-order valence-corrected chi connectivity index (χ4v) is 2.23. The van der Waals surface area contributed by atoms with E-state index in [0.29, 0.717) is 12.2 Å². The average Bonchev–Trinajstić information content (AvgIpc) is 2.65. The Bertz CT molecular complexity index is 438. The lowest BCUT2D eigenvalue weighted by Gasteiger charge is -2.14. The Morgan fingerprint density at radius 2 is 2.44 bits per heavy atom. The first-order valence-electron chi connectivity index (χ1n) is 4.62. The number of thioether (sulfide) groups is 1. The van der Waals surface area contributed by atoms with Gasteiger partial charge in [-0.25, -0.2) is 14.8 Å². The standard InChI is InChI=1S/C9H9N3O3S/c13-8(14)6-3-10-5-11-7(6)4-12-1-2-16-9(12)15/h3,5H,1-2,4H2,(H,13,14). The van der Waals surface area contributed by atoms with Gasteiger partial charge in [0.15, 0.2) is 0 Å². The maximum absolute atomic E-state index is 11.4. The molecular weight excluding hydrogens is 230 g/mol. The number of aromatic carboxylic acids is 1. The summed E-state index contributed by atoms with van der Waals surface area (Å²) in [5, 5.41) is 8.88. The van der Waals surface area contributed by atoms with Crippen molar-refractivity contribution in [2.45, 2.75) is 6.54 Å². The Balaban J connectivity index is 2.20. The Morgan fingerprint density at radius 3 is 3.06 bits per heavy atom. The summed E-state index contributed by atoms with van der Waals surface area (Å²) in [5.41, 5.74) is 0.422. The zero-order valence-corrected chi connectivity index (χ0v) is 9.11. The lowest BCUT2D eigenvalue weighted by Crippen LogP contribution is -2.24. The van der Waals surface area contributed by atoms with Crippen LogP contribution in [0.25, 0.3) is 0 Å². The normalized spacial score (nSPS) is 15.5. The first kappa shape index (κ1) is 10.9. The molecule has 1 aromatic rings. The summed E-state index contributed by atoms with van der Waals surface area (Å²) in [4.78, 5) is 31.4. The number of carbonyl (C=O) groups is 2. The molecule has 1 aliphatic heterocycles. The van der Waals surface area contributed by atoms with Crippen LogP contribution in [0.1, 0.15) is 16.1 Å². The summed E-state index contributed by atoms with van der Waals surface area (Å²) in [6, 6.07) is 0. The van der Waals surface area contributed by atoms with Gasteiger partial charge in [-0.1, -0.05) is 11.8 Å². The Morgan fingerprint density at radius 1 is 1.62 bits per heavy atom. The van der Waals surface area contributed by atoms with Crippen LogP contribution in [0.15, 0.2) is 12.5 Å². The van der Waals surface area contributed by atoms with Crippen LogP contribution < -0.4 is 0 Å². The second-order valence-electron chi connectivity index (χ2n) is 3.22. The molecule has 1 saturated heterocycles. The minimum atomic E-state index is -1.07. The van der Waals surface area contributed by atoms with Crippen molar-refractivity contribution in [3.05, 3.63) is 23.8 Å². The number of carboxylic acids is 1. The van der Waals surface area contributed by atoms with Gasteiger partial charge >= 0.3 is 5.97 Å². The van der Waals surface area contributed by atoms with E-state index in [1.54, 1.807) is 4.90 Å². The Hall–Kier alpha value is -1.63. The fraction of sp³-hybridized carbons (Fsp3) is 0.333. The molecule has 16 heavy (non-hydrogen) atoms. The monoisotopic (exact) mass is 239 g/mol. The molecule has 7 heteroatoms. The van der Waals surface area contributed by atoms with Gasteiger partial charge in [-0.3, -0.25) is 4.79 Å². The molecule has 0 radical (unpaired) electrons. The van der Waals surface area contributed by atoms with E-state index in [2.05, 4.69) is 9.97 Å². The predicted octanol–water partition coefficient (Wildman–Crippen LogP) is 0.844. The van der Waals surface area contributed by atoms with E-state index in [1.165, 1.54) is 24.3 Å². The zero-order chi connectivity index (χ0) is 11.5. The second kappa shape index (κ2) is 4.48. The predicted molar refractivity (Wildman–Crippen MR) is 57.3 cm³/mol. The maximum atomic E-state index is 11.4. The van der Waals surface area contributed by atoms with E-state index in [0.717, 1.165) is 5.75 Å². The molecule has 1 fully saturated rings. The van der Waals surface area contributed by atoms with Gasteiger partial charge in [0.05, 0.1) is 12.2 Å². The van der Waals surface area contributed by atoms with Gasteiger partial charge in [-0.2, -0.15) is 0 Å². The van der Waals surface area contributed by atoms with Crippen molar-refractivity contribution in [2.24, 2.45) is 0 Å².